The molecule has 18 heavy (non-hydrogen) atoms. The molecule has 0 aliphatic heterocycles. The first-order valence-corrected chi connectivity index (χ1v) is 6.74. The van der Waals surface area contributed by atoms with Crippen molar-refractivity contribution in [2.24, 2.45) is 0 Å². The monoisotopic (exact) mass is 271 g/mol. The molecule has 0 saturated carbocycles. The number of halogens is 1. The Hall–Kier alpha value is -0.890. The Kier molecular flexibility index (Phi) is 10.7. The van der Waals surface area contributed by atoms with Gasteiger partial charge in [0.25, 0.3) is 0 Å². The zero-order chi connectivity index (χ0) is 12.3. The third kappa shape index (κ3) is 7.44. The van der Waals surface area contributed by atoms with Gasteiger partial charge in [-0.2, -0.15) is 0 Å². The second kappa shape index (κ2) is 11.2. The first-order chi connectivity index (χ1) is 8.36. The zero-order valence-electron chi connectivity index (χ0n) is 11.6. The molecule has 0 saturated heterocycles. The van der Waals surface area contributed by atoms with E-state index in [1.807, 2.05) is 12.1 Å². The Morgan fingerprint density at radius 3 is 2.17 bits per heavy atom. The zero-order valence-corrected chi connectivity index (χ0v) is 12.4. The fourth-order valence-electron chi connectivity index (χ4n) is 1.85. The molecule has 2 nitrogen and oxygen atoms in total. The number of ether oxygens (including phenoxy) is 1. The van der Waals surface area contributed by atoms with E-state index in [9.17, 15) is 0 Å². The van der Waals surface area contributed by atoms with Crippen LogP contribution in [0.1, 0.15) is 45.4 Å². The summed E-state index contributed by atoms with van der Waals surface area (Å²) >= 11 is 0. The van der Waals surface area contributed by atoms with Crippen molar-refractivity contribution in [3.63, 3.8) is 0 Å². The first kappa shape index (κ1) is 17.1. The van der Waals surface area contributed by atoms with Crippen molar-refractivity contribution in [3.8, 4) is 5.75 Å². The van der Waals surface area contributed by atoms with Crippen LogP contribution in [0.2, 0.25) is 0 Å². The lowest BCUT2D eigenvalue weighted by Gasteiger charge is -2.07. The van der Waals surface area contributed by atoms with Gasteiger partial charge in [-0.05, 0) is 30.7 Å². The minimum absolute atomic E-state index is 0. The first-order valence-electron chi connectivity index (χ1n) is 6.74. The molecule has 3 heteroatoms. The summed E-state index contributed by atoms with van der Waals surface area (Å²) in [4.78, 5) is 0. The molecule has 0 bridgehead atoms. The van der Waals surface area contributed by atoms with Gasteiger partial charge in [0.1, 0.15) is 5.75 Å². The van der Waals surface area contributed by atoms with Crippen LogP contribution in [-0.2, 0) is 0 Å². The average molecular weight is 272 g/mol. The van der Waals surface area contributed by atoms with E-state index in [1.165, 1.54) is 44.2 Å². The molecule has 1 N–H and O–H groups in total. The summed E-state index contributed by atoms with van der Waals surface area (Å²) in [5, 5.41) is 3.43. The molecule has 0 heterocycles. The van der Waals surface area contributed by atoms with Gasteiger partial charge in [-0.1, -0.05) is 39.0 Å². The van der Waals surface area contributed by atoms with E-state index in [2.05, 4.69) is 24.4 Å². The number of anilines is 1. The van der Waals surface area contributed by atoms with Crippen LogP contribution < -0.4 is 10.1 Å². The smallest absolute Gasteiger partial charge is 0.119 e. The second-order valence-electron chi connectivity index (χ2n) is 4.42. The van der Waals surface area contributed by atoms with Gasteiger partial charge < -0.3 is 10.1 Å². The predicted octanol–water partition coefficient (Wildman–Crippen LogP) is 4.89. The number of benzene rings is 1. The van der Waals surface area contributed by atoms with Gasteiger partial charge in [0.15, 0.2) is 0 Å². The molecule has 0 fully saturated rings. The molecule has 1 aromatic carbocycles. The molecule has 104 valence electrons. The van der Waals surface area contributed by atoms with Crippen LogP contribution in [0.5, 0.6) is 5.75 Å². The molecular formula is C15H26ClNO. The molecule has 0 atom stereocenters. The summed E-state index contributed by atoms with van der Waals surface area (Å²) in [5.74, 6) is 0.912. The number of unbranched alkanes of at least 4 members (excludes halogenated alkanes) is 5. The van der Waals surface area contributed by atoms with Gasteiger partial charge in [-0.15, -0.1) is 12.4 Å². The lowest BCUT2D eigenvalue weighted by atomic mass is 10.1. The van der Waals surface area contributed by atoms with Gasteiger partial charge in [-0.3, -0.25) is 0 Å². The van der Waals surface area contributed by atoms with E-state index in [0.717, 1.165) is 12.3 Å². The molecule has 0 spiro atoms. The van der Waals surface area contributed by atoms with E-state index in [-0.39, 0.29) is 12.4 Å². The van der Waals surface area contributed by atoms with Crippen LogP contribution >= 0.6 is 12.4 Å². The van der Waals surface area contributed by atoms with Crippen LogP contribution in [0.15, 0.2) is 24.3 Å². The minimum Gasteiger partial charge on any atom is -0.497 e. The molecular weight excluding hydrogens is 246 g/mol. The van der Waals surface area contributed by atoms with Crippen LogP contribution in [0.3, 0.4) is 0 Å². The topological polar surface area (TPSA) is 21.3 Å². The second-order valence-corrected chi connectivity index (χ2v) is 4.42. The van der Waals surface area contributed by atoms with Crippen molar-refractivity contribution < 1.29 is 4.74 Å². The van der Waals surface area contributed by atoms with E-state index in [0.29, 0.717) is 0 Å². The Morgan fingerprint density at radius 2 is 1.56 bits per heavy atom. The number of hydrogen-bond donors (Lipinski definition) is 1. The summed E-state index contributed by atoms with van der Waals surface area (Å²) in [5.41, 5.74) is 1.18. The average Bonchev–Trinajstić information content (AvgIpc) is 2.38. The summed E-state index contributed by atoms with van der Waals surface area (Å²) in [7, 11) is 1.69. The van der Waals surface area contributed by atoms with Crippen molar-refractivity contribution in [1.82, 2.24) is 0 Å². The summed E-state index contributed by atoms with van der Waals surface area (Å²) in [6, 6.07) is 8.11. The maximum atomic E-state index is 5.12. The molecule has 0 aliphatic carbocycles. The van der Waals surface area contributed by atoms with Crippen LogP contribution in [0.4, 0.5) is 5.69 Å². The summed E-state index contributed by atoms with van der Waals surface area (Å²) in [6.45, 7) is 3.32. The Morgan fingerprint density at radius 1 is 0.944 bits per heavy atom. The van der Waals surface area contributed by atoms with Crippen molar-refractivity contribution in [2.75, 3.05) is 19.0 Å². The van der Waals surface area contributed by atoms with Crippen molar-refractivity contribution in [2.45, 2.75) is 45.4 Å². The molecule has 0 aromatic heterocycles. The van der Waals surface area contributed by atoms with Gasteiger partial charge in [0.05, 0.1) is 7.11 Å². The van der Waals surface area contributed by atoms with Crippen LogP contribution in [0, 0.1) is 0 Å². The molecule has 0 amide bonds. The maximum Gasteiger partial charge on any atom is 0.119 e. The van der Waals surface area contributed by atoms with Gasteiger partial charge in [0, 0.05) is 12.2 Å². The normalized spacial score (nSPS) is 9.67. The van der Waals surface area contributed by atoms with Crippen molar-refractivity contribution >= 4 is 18.1 Å². The number of methoxy groups -OCH3 is 1. The number of nitrogens with one attached hydrogen (secondary N) is 1. The van der Waals surface area contributed by atoms with Crippen LogP contribution in [0.25, 0.3) is 0 Å². The fraction of sp³-hybridized carbons (Fsp3) is 0.600. The molecule has 0 unspecified atom stereocenters. The maximum absolute atomic E-state index is 5.12. The highest BCUT2D eigenvalue weighted by molar-refractivity contribution is 5.85. The highest BCUT2D eigenvalue weighted by Crippen LogP contribution is 2.15. The van der Waals surface area contributed by atoms with E-state index in [4.69, 9.17) is 4.74 Å². The lowest BCUT2D eigenvalue weighted by Crippen LogP contribution is -2.01. The van der Waals surface area contributed by atoms with E-state index >= 15 is 0 Å². The quantitative estimate of drug-likeness (QED) is 0.646. The van der Waals surface area contributed by atoms with Crippen molar-refractivity contribution in [3.05, 3.63) is 24.3 Å². The standard InChI is InChI=1S/C15H25NO.ClH/c1-3-4-5-6-7-8-13-16-14-9-11-15(17-2)12-10-14;/h9-12,16H,3-8,13H2,1-2H3;1H. The Labute approximate surface area is 118 Å². The third-order valence-electron chi connectivity index (χ3n) is 2.95. The Balaban J connectivity index is 0.00000289. The minimum atomic E-state index is 0. The third-order valence-corrected chi connectivity index (χ3v) is 2.95. The largest absolute Gasteiger partial charge is 0.497 e. The highest BCUT2D eigenvalue weighted by atomic mass is 35.5. The van der Waals surface area contributed by atoms with Crippen LogP contribution in [-0.4, -0.2) is 13.7 Å². The number of hydrogen-bond acceptors (Lipinski definition) is 2. The van der Waals surface area contributed by atoms with Crippen molar-refractivity contribution in [1.29, 1.82) is 0 Å². The SMILES string of the molecule is CCCCCCCCNc1ccc(OC)cc1.Cl. The summed E-state index contributed by atoms with van der Waals surface area (Å²) < 4.78 is 5.12. The molecule has 0 aliphatic rings. The highest BCUT2D eigenvalue weighted by Gasteiger charge is 1.94. The molecule has 1 aromatic rings. The lowest BCUT2D eigenvalue weighted by molar-refractivity contribution is 0.415. The van der Waals surface area contributed by atoms with E-state index in [1.54, 1.807) is 7.11 Å². The van der Waals surface area contributed by atoms with Gasteiger partial charge in [-0.25, -0.2) is 0 Å². The molecule has 0 radical (unpaired) electrons. The number of rotatable bonds is 9. The van der Waals surface area contributed by atoms with Gasteiger partial charge in [0.2, 0.25) is 0 Å². The fourth-order valence-corrected chi connectivity index (χ4v) is 1.85. The molecule has 1 rings (SSSR count). The predicted molar refractivity (Wildman–Crippen MR) is 82.1 cm³/mol. The Bertz CT molecular complexity index is 287. The summed E-state index contributed by atoms with van der Waals surface area (Å²) in [6.07, 6.45) is 8.06. The van der Waals surface area contributed by atoms with E-state index < -0.39 is 0 Å². The van der Waals surface area contributed by atoms with Gasteiger partial charge >= 0.3 is 0 Å².